The Hall–Kier alpha value is 0.430. The van der Waals surface area contributed by atoms with Crippen LogP contribution in [-0.4, -0.2) is 37.8 Å². The first-order valence-corrected chi connectivity index (χ1v) is 11.8. The minimum atomic E-state index is -1.71. The molecule has 2 rings (SSSR count). The number of thioether (sulfide) groups is 3. The van der Waals surface area contributed by atoms with Gasteiger partial charge in [-0.15, -0.1) is 23.5 Å². The third-order valence-electron chi connectivity index (χ3n) is 2.61. The van der Waals surface area contributed by atoms with Gasteiger partial charge in [0.25, 0.3) is 3.12 Å². The molecule has 0 unspecified atom stereocenters. The lowest BCUT2D eigenvalue weighted by atomic mass is 10.3. The molecule has 0 spiro atoms. The summed E-state index contributed by atoms with van der Waals surface area (Å²) in [6.45, 7) is 0. The van der Waals surface area contributed by atoms with Gasteiger partial charge in [0.15, 0.2) is 0 Å². The quantitative estimate of drug-likeness (QED) is 0.176. The number of halogens is 3. The van der Waals surface area contributed by atoms with Crippen LogP contribution in [0.1, 0.15) is 0 Å². The summed E-state index contributed by atoms with van der Waals surface area (Å²) in [7, 11) is 0. The van der Waals surface area contributed by atoms with Crippen LogP contribution < -0.4 is 4.31 Å². The maximum Gasteiger partial charge on any atom is 0.451 e. The van der Waals surface area contributed by atoms with Crippen LogP contribution in [0, 0.1) is 0 Å². The zero-order valence-electron chi connectivity index (χ0n) is 12.4. The molecular weight excluding hydrogens is 451 g/mol. The largest absolute Gasteiger partial charge is 0.451 e. The van der Waals surface area contributed by atoms with Crippen molar-refractivity contribution in [3.05, 3.63) is 24.3 Å². The molecule has 24 heavy (non-hydrogen) atoms. The SMILES string of the molecule is CSc1ccc(N(SC(Cl)(Cl)Cl)C(=O)ON=C2CSCCS2)cc1. The molecule has 0 N–H and O–H groups in total. The van der Waals surface area contributed by atoms with E-state index in [2.05, 4.69) is 5.16 Å². The van der Waals surface area contributed by atoms with Gasteiger partial charge in [0.1, 0.15) is 5.04 Å². The summed E-state index contributed by atoms with van der Waals surface area (Å²) in [4.78, 5) is 18.5. The van der Waals surface area contributed by atoms with E-state index in [-0.39, 0.29) is 0 Å². The van der Waals surface area contributed by atoms with Gasteiger partial charge in [0.2, 0.25) is 0 Å². The van der Waals surface area contributed by atoms with Gasteiger partial charge in [-0.3, -0.25) is 4.84 Å². The Balaban J connectivity index is 2.13. The van der Waals surface area contributed by atoms with Crippen molar-refractivity contribution in [2.45, 2.75) is 8.02 Å². The Morgan fingerprint density at radius 1 is 1.29 bits per heavy atom. The first-order valence-electron chi connectivity index (χ1n) is 6.57. The van der Waals surface area contributed by atoms with Crippen LogP contribution in [0.2, 0.25) is 0 Å². The molecule has 11 heteroatoms. The van der Waals surface area contributed by atoms with Crippen LogP contribution in [0.25, 0.3) is 0 Å². The summed E-state index contributed by atoms with van der Waals surface area (Å²) >= 11 is 23.1. The number of anilines is 1. The van der Waals surface area contributed by atoms with Gasteiger partial charge in [-0.25, -0.2) is 9.10 Å². The smallest absolute Gasteiger partial charge is 0.296 e. The summed E-state index contributed by atoms with van der Waals surface area (Å²) in [5.74, 6) is 2.75. The molecule has 0 bridgehead atoms. The van der Waals surface area contributed by atoms with Crippen LogP contribution in [-0.2, 0) is 4.84 Å². The molecule has 132 valence electrons. The topological polar surface area (TPSA) is 41.9 Å². The highest BCUT2D eigenvalue weighted by molar-refractivity contribution is 8.18. The van der Waals surface area contributed by atoms with Gasteiger partial charge in [-0.2, -0.15) is 11.8 Å². The lowest BCUT2D eigenvalue weighted by molar-refractivity contribution is 0.163. The van der Waals surface area contributed by atoms with Gasteiger partial charge in [-0.05, 0) is 30.5 Å². The van der Waals surface area contributed by atoms with E-state index in [0.29, 0.717) is 5.69 Å². The fraction of sp³-hybridized carbons (Fsp3) is 0.385. The summed E-state index contributed by atoms with van der Waals surface area (Å²) in [6, 6.07) is 7.27. The molecule has 1 aromatic rings. The second kappa shape index (κ2) is 9.94. The number of carbonyl (C=O) groups excluding carboxylic acids is 1. The standard InChI is InChI=1S/C13H13Cl3N2O2S4/c1-21-10-4-2-9(3-5-10)18(24-13(14,15)16)12(19)20-17-11-8-22-6-7-23-11/h2-5H,6-8H2,1H3. The Morgan fingerprint density at radius 2 is 2.00 bits per heavy atom. The molecule has 1 saturated heterocycles. The van der Waals surface area contributed by atoms with Gasteiger partial charge < -0.3 is 0 Å². The van der Waals surface area contributed by atoms with Crippen molar-refractivity contribution < 1.29 is 9.63 Å². The first kappa shape index (κ1) is 20.7. The van der Waals surface area contributed by atoms with E-state index >= 15 is 0 Å². The number of oxime groups is 1. The van der Waals surface area contributed by atoms with Crippen LogP contribution >= 0.6 is 82.0 Å². The molecule has 0 atom stereocenters. The highest BCUT2D eigenvalue weighted by atomic mass is 35.6. The van der Waals surface area contributed by atoms with Gasteiger partial charge in [-0.1, -0.05) is 40.0 Å². The number of nitrogens with zero attached hydrogens (tertiary/aromatic N) is 2. The van der Waals surface area contributed by atoms with Crippen LogP contribution in [0.15, 0.2) is 34.3 Å². The molecule has 1 amide bonds. The average Bonchev–Trinajstić information content (AvgIpc) is 2.58. The van der Waals surface area contributed by atoms with Crippen molar-refractivity contribution in [3.63, 3.8) is 0 Å². The minimum Gasteiger partial charge on any atom is -0.296 e. The zero-order valence-corrected chi connectivity index (χ0v) is 17.9. The summed E-state index contributed by atoms with van der Waals surface area (Å²) in [6.07, 6.45) is 1.25. The molecule has 4 nitrogen and oxygen atoms in total. The van der Waals surface area contributed by atoms with Gasteiger partial charge >= 0.3 is 6.09 Å². The number of hydrogen-bond acceptors (Lipinski definition) is 7. The highest BCUT2D eigenvalue weighted by Crippen LogP contribution is 2.43. The molecule has 1 aliphatic heterocycles. The molecule has 1 heterocycles. The van der Waals surface area contributed by atoms with E-state index < -0.39 is 9.22 Å². The van der Waals surface area contributed by atoms with E-state index in [9.17, 15) is 4.79 Å². The van der Waals surface area contributed by atoms with Crippen molar-refractivity contribution in [1.29, 1.82) is 0 Å². The van der Waals surface area contributed by atoms with Crippen molar-refractivity contribution in [2.24, 2.45) is 5.16 Å². The second-order valence-electron chi connectivity index (χ2n) is 4.27. The van der Waals surface area contributed by atoms with E-state index in [0.717, 1.165) is 39.1 Å². The zero-order chi connectivity index (χ0) is 17.6. The van der Waals surface area contributed by atoms with Gasteiger partial charge in [0, 0.05) is 34.1 Å². The average molecular weight is 464 g/mol. The maximum atomic E-state index is 12.4. The predicted octanol–water partition coefficient (Wildman–Crippen LogP) is 6.12. The van der Waals surface area contributed by atoms with Crippen molar-refractivity contribution in [3.8, 4) is 0 Å². The molecular formula is C13H13Cl3N2O2S4. The Kier molecular flexibility index (Phi) is 8.59. The second-order valence-corrected chi connectivity index (χ2v) is 11.5. The summed E-state index contributed by atoms with van der Waals surface area (Å²) < 4.78 is -0.526. The molecule has 1 fully saturated rings. The lowest BCUT2D eigenvalue weighted by Gasteiger charge is -2.23. The Labute approximate surface area is 172 Å². The Bertz CT molecular complexity index is 588. The van der Waals surface area contributed by atoms with Crippen molar-refractivity contribution in [2.75, 3.05) is 27.8 Å². The molecule has 0 radical (unpaired) electrons. The van der Waals surface area contributed by atoms with E-state index in [1.165, 1.54) is 4.31 Å². The number of rotatable bonds is 4. The van der Waals surface area contributed by atoms with E-state index in [1.54, 1.807) is 47.4 Å². The third-order valence-corrected chi connectivity index (χ3v) is 7.10. The normalized spacial score (nSPS) is 16.9. The fourth-order valence-electron chi connectivity index (χ4n) is 1.62. The van der Waals surface area contributed by atoms with Crippen molar-refractivity contribution in [1.82, 2.24) is 0 Å². The third kappa shape index (κ3) is 6.97. The maximum absolute atomic E-state index is 12.4. The highest BCUT2D eigenvalue weighted by Gasteiger charge is 2.31. The number of hydrogen-bond donors (Lipinski definition) is 0. The lowest BCUT2D eigenvalue weighted by Crippen LogP contribution is -2.27. The first-order chi connectivity index (χ1) is 11.4. The number of benzene rings is 1. The summed E-state index contributed by atoms with van der Waals surface area (Å²) in [5.41, 5.74) is 0.542. The molecule has 0 aromatic heterocycles. The fourth-order valence-corrected chi connectivity index (χ4v) is 5.27. The minimum absolute atomic E-state index is 0.542. The van der Waals surface area contributed by atoms with Crippen LogP contribution in [0.5, 0.6) is 0 Å². The van der Waals surface area contributed by atoms with Crippen LogP contribution in [0.4, 0.5) is 10.5 Å². The number of amides is 1. The van der Waals surface area contributed by atoms with E-state index in [4.69, 9.17) is 39.6 Å². The molecule has 1 aliphatic rings. The van der Waals surface area contributed by atoms with Gasteiger partial charge in [0.05, 0.1) is 5.69 Å². The van der Waals surface area contributed by atoms with E-state index in [1.807, 2.05) is 18.4 Å². The molecule has 1 aromatic carbocycles. The summed E-state index contributed by atoms with van der Waals surface area (Å²) in [5, 5.41) is 4.69. The molecule has 0 saturated carbocycles. The number of carbonyl (C=O) groups is 1. The monoisotopic (exact) mass is 462 g/mol. The molecule has 0 aliphatic carbocycles. The number of alkyl halides is 3. The van der Waals surface area contributed by atoms with Crippen LogP contribution in [0.3, 0.4) is 0 Å². The predicted molar refractivity (Wildman–Crippen MR) is 112 cm³/mol. The van der Waals surface area contributed by atoms with Crippen molar-refractivity contribution >= 4 is 98.9 Å². The Morgan fingerprint density at radius 3 is 2.54 bits per heavy atom.